The van der Waals surface area contributed by atoms with Gasteiger partial charge in [-0.3, -0.25) is 4.99 Å². The molecule has 2 aromatic rings. The van der Waals surface area contributed by atoms with Crippen LogP contribution in [0.3, 0.4) is 0 Å². The molecule has 0 saturated heterocycles. The summed E-state index contributed by atoms with van der Waals surface area (Å²) in [5, 5.41) is 10.5. The number of anilines is 1. The van der Waals surface area contributed by atoms with Crippen molar-refractivity contribution in [2.45, 2.75) is 0 Å². The Bertz CT molecular complexity index is 518. The van der Waals surface area contributed by atoms with E-state index in [9.17, 15) is 0 Å². The highest BCUT2D eigenvalue weighted by molar-refractivity contribution is 7.13. The number of hydrogen-bond donors (Lipinski definition) is 2. The highest BCUT2D eigenvalue weighted by Gasteiger charge is 2.08. The van der Waals surface area contributed by atoms with Gasteiger partial charge in [-0.2, -0.15) is 0 Å². The molecule has 6 heteroatoms. The van der Waals surface area contributed by atoms with Crippen LogP contribution in [-0.2, 0) is 0 Å². The minimum atomic E-state index is 0.815. The third kappa shape index (κ3) is 1.52. The molecule has 3 rings (SSSR count). The lowest BCUT2D eigenvalue weighted by Crippen LogP contribution is -2.26. The van der Waals surface area contributed by atoms with E-state index in [1.54, 1.807) is 0 Å². The van der Waals surface area contributed by atoms with Crippen molar-refractivity contribution in [1.82, 2.24) is 14.9 Å². The van der Waals surface area contributed by atoms with Gasteiger partial charge in [0.15, 0.2) is 5.96 Å². The standard InChI is InChI=1S/C9H9N5S/c1-2-6(12-9-10-4-5-11-9)8-7(3-1)15-14-13-8/h1-3H,4-5H2,(H2,10,11,12). The zero-order valence-electron chi connectivity index (χ0n) is 7.90. The zero-order valence-corrected chi connectivity index (χ0v) is 8.71. The summed E-state index contributed by atoms with van der Waals surface area (Å²) in [5.41, 5.74) is 1.85. The monoisotopic (exact) mass is 219 g/mol. The summed E-state index contributed by atoms with van der Waals surface area (Å²) in [5.74, 6) is 0.815. The van der Waals surface area contributed by atoms with Gasteiger partial charge in [0, 0.05) is 6.54 Å². The molecule has 0 radical (unpaired) electrons. The number of nitrogens with zero attached hydrogens (tertiary/aromatic N) is 3. The maximum atomic E-state index is 4.27. The summed E-state index contributed by atoms with van der Waals surface area (Å²) >= 11 is 1.40. The molecule has 2 heterocycles. The van der Waals surface area contributed by atoms with Crippen LogP contribution in [-0.4, -0.2) is 28.6 Å². The van der Waals surface area contributed by atoms with Crippen molar-refractivity contribution >= 4 is 33.4 Å². The molecule has 76 valence electrons. The van der Waals surface area contributed by atoms with Gasteiger partial charge in [0.05, 0.1) is 16.9 Å². The first-order chi connectivity index (χ1) is 7.43. The second-order valence-corrected chi connectivity index (χ2v) is 3.99. The van der Waals surface area contributed by atoms with Gasteiger partial charge in [0.25, 0.3) is 0 Å². The average molecular weight is 219 g/mol. The molecular formula is C9H9N5S. The van der Waals surface area contributed by atoms with E-state index in [1.165, 1.54) is 11.5 Å². The lowest BCUT2D eigenvalue weighted by atomic mass is 10.3. The first kappa shape index (κ1) is 8.60. The number of benzene rings is 1. The predicted octanol–water partition coefficient (Wildman–Crippen LogP) is 1.06. The first-order valence-electron chi connectivity index (χ1n) is 4.70. The van der Waals surface area contributed by atoms with Crippen molar-refractivity contribution in [3.8, 4) is 0 Å². The Labute approximate surface area is 90.4 Å². The van der Waals surface area contributed by atoms with Crippen molar-refractivity contribution in [3.05, 3.63) is 18.2 Å². The molecule has 0 fully saturated rings. The average Bonchev–Trinajstić information content (AvgIpc) is 2.87. The Morgan fingerprint density at radius 2 is 2.40 bits per heavy atom. The highest BCUT2D eigenvalue weighted by Crippen LogP contribution is 2.23. The Morgan fingerprint density at radius 1 is 1.40 bits per heavy atom. The molecular weight excluding hydrogens is 210 g/mol. The second kappa shape index (κ2) is 3.47. The predicted molar refractivity (Wildman–Crippen MR) is 61.3 cm³/mol. The van der Waals surface area contributed by atoms with Gasteiger partial charge in [-0.25, -0.2) is 0 Å². The Kier molecular flexibility index (Phi) is 1.99. The van der Waals surface area contributed by atoms with Gasteiger partial charge in [0.1, 0.15) is 5.52 Å². The lowest BCUT2D eigenvalue weighted by Gasteiger charge is -2.05. The number of guanidine groups is 1. The molecule has 15 heavy (non-hydrogen) atoms. The van der Waals surface area contributed by atoms with Gasteiger partial charge in [0.2, 0.25) is 0 Å². The van der Waals surface area contributed by atoms with Crippen molar-refractivity contribution in [2.24, 2.45) is 4.99 Å². The van der Waals surface area contributed by atoms with Gasteiger partial charge in [-0.05, 0) is 23.7 Å². The van der Waals surface area contributed by atoms with Crippen LogP contribution in [0.2, 0.25) is 0 Å². The van der Waals surface area contributed by atoms with E-state index in [2.05, 4.69) is 25.2 Å². The minimum Gasteiger partial charge on any atom is -0.354 e. The van der Waals surface area contributed by atoms with Crippen LogP contribution in [0.1, 0.15) is 0 Å². The molecule has 0 spiro atoms. The van der Waals surface area contributed by atoms with E-state index in [-0.39, 0.29) is 0 Å². The van der Waals surface area contributed by atoms with Gasteiger partial charge < -0.3 is 10.6 Å². The molecule has 1 aliphatic heterocycles. The Morgan fingerprint density at radius 3 is 3.27 bits per heavy atom. The van der Waals surface area contributed by atoms with Crippen molar-refractivity contribution in [1.29, 1.82) is 0 Å². The summed E-state index contributed by atoms with van der Waals surface area (Å²) in [4.78, 5) is 4.27. The number of nitrogens with one attached hydrogen (secondary N) is 2. The van der Waals surface area contributed by atoms with Crippen LogP contribution in [0.25, 0.3) is 10.2 Å². The molecule has 0 aliphatic carbocycles. The van der Waals surface area contributed by atoms with Crippen molar-refractivity contribution in [2.75, 3.05) is 18.4 Å². The molecule has 1 aliphatic rings. The molecule has 0 atom stereocenters. The topological polar surface area (TPSA) is 62.2 Å². The fourth-order valence-electron chi connectivity index (χ4n) is 1.51. The minimum absolute atomic E-state index is 0.815. The van der Waals surface area contributed by atoms with E-state index in [0.29, 0.717) is 0 Å². The van der Waals surface area contributed by atoms with Crippen LogP contribution in [0.5, 0.6) is 0 Å². The van der Waals surface area contributed by atoms with E-state index < -0.39 is 0 Å². The SMILES string of the molecule is c1cc(NC2=NCCN2)c2nnsc2c1. The summed E-state index contributed by atoms with van der Waals surface area (Å²) in [6.45, 7) is 1.72. The van der Waals surface area contributed by atoms with Crippen LogP contribution < -0.4 is 10.6 Å². The Hall–Kier alpha value is -1.69. The van der Waals surface area contributed by atoms with Gasteiger partial charge in [-0.15, -0.1) is 5.10 Å². The highest BCUT2D eigenvalue weighted by atomic mass is 32.1. The first-order valence-corrected chi connectivity index (χ1v) is 5.47. The maximum Gasteiger partial charge on any atom is 0.195 e. The van der Waals surface area contributed by atoms with Crippen LogP contribution in [0.15, 0.2) is 23.2 Å². The molecule has 1 aromatic heterocycles. The van der Waals surface area contributed by atoms with Crippen LogP contribution >= 0.6 is 11.5 Å². The molecule has 0 unspecified atom stereocenters. The number of aromatic nitrogens is 2. The van der Waals surface area contributed by atoms with Crippen molar-refractivity contribution in [3.63, 3.8) is 0 Å². The number of aliphatic imine (C=N–C) groups is 1. The Balaban J connectivity index is 1.99. The summed E-state index contributed by atoms with van der Waals surface area (Å²) in [6, 6.07) is 5.97. The summed E-state index contributed by atoms with van der Waals surface area (Å²) in [7, 11) is 0. The number of fused-ring (bicyclic) bond motifs is 1. The zero-order chi connectivity index (χ0) is 10.1. The molecule has 5 nitrogen and oxygen atoms in total. The smallest absolute Gasteiger partial charge is 0.195 e. The quantitative estimate of drug-likeness (QED) is 0.753. The molecule has 0 amide bonds. The largest absolute Gasteiger partial charge is 0.354 e. The second-order valence-electron chi connectivity index (χ2n) is 3.21. The fraction of sp³-hybridized carbons (Fsp3) is 0.222. The van der Waals surface area contributed by atoms with E-state index in [1.807, 2.05) is 18.2 Å². The molecule has 1 aromatic carbocycles. The third-order valence-corrected chi connectivity index (χ3v) is 2.90. The van der Waals surface area contributed by atoms with Gasteiger partial charge in [-0.1, -0.05) is 10.6 Å². The lowest BCUT2D eigenvalue weighted by molar-refractivity contribution is 0.959. The number of rotatable bonds is 1. The van der Waals surface area contributed by atoms with Crippen LogP contribution in [0.4, 0.5) is 5.69 Å². The van der Waals surface area contributed by atoms with Crippen LogP contribution in [0, 0.1) is 0 Å². The molecule has 2 N–H and O–H groups in total. The molecule has 0 saturated carbocycles. The third-order valence-electron chi connectivity index (χ3n) is 2.21. The van der Waals surface area contributed by atoms with Crippen molar-refractivity contribution < 1.29 is 0 Å². The maximum absolute atomic E-state index is 4.27. The fourth-order valence-corrected chi connectivity index (χ4v) is 2.10. The van der Waals surface area contributed by atoms with Gasteiger partial charge >= 0.3 is 0 Å². The normalized spacial score (nSPS) is 15.1. The van der Waals surface area contributed by atoms with E-state index in [4.69, 9.17) is 0 Å². The summed E-state index contributed by atoms with van der Waals surface area (Å²) in [6.07, 6.45) is 0. The van der Waals surface area contributed by atoms with E-state index >= 15 is 0 Å². The summed E-state index contributed by atoms with van der Waals surface area (Å²) < 4.78 is 5.01. The van der Waals surface area contributed by atoms with E-state index in [0.717, 1.165) is 35.0 Å². The number of hydrogen-bond acceptors (Lipinski definition) is 6. The molecule has 0 bridgehead atoms.